The molecule has 0 radical (unpaired) electrons. The largest absolute Gasteiger partial charge is 0.494 e. The second kappa shape index (κ2) is 9.67. The van der Waals surface area contributed by atoms with Gasteiger partial charge in [-0.25, -0.2) is 9.37 Å². The first-order chi connectivity index (χ1) is 16.6. The number of ether oxygens (including phenoxy) is 1. The summed E-state index contributed by atoms with van der Waals surface area (Å²) < 4.78 is 21.5. The number of para-hydroxylation sites is 2. The number of benzene rings is 3. The summed E-state index contributed by atoms with van der Waals surface area (Å²) in [6.07, 6.45) is 2.27. The van der Waals surface area contributed by atoms with Crippen LogP contribution in [0.2, 0.25) is 0 Å². The number of carbonyl (C=O) groups is 1. The van der Waals surface area contributed by atoms with Gasteiger partial charge in [-0.05, 0) is 68.3 Å². The number of unbranched alkanes of at least 4 members (excludes halogenated alkanes) is 1. The van der Waals surface area contributed by atoms with Gasteiger partial charge in [0.05, 0.1) is 17.6 Å². The number of fused-ring (bicyclic) bond motifs is 1. The van der Waals surface area contributed by atoms with Gasteiger partial charge in [-0.3, -0.25) is 4.79 Å². The number of nitrogens with zero attached hydrogens (tertiary/aromatic N) is 3. The first-order valence-corrected chi connectivity index (χ1v) is 11.8. The van der Waals surface area contributed by atoms with Crippen LogP contribution in [0.1, 0.15) is 36.6 Å². The van der Waals surface area contributed by atoms with E-state index < -0.39 is 0 Å². The van der Waals surface area contributed by atoms with Crippen LogP contribution in [-0.4, -0.2) is 28.6 Å². The van der Waals surface area contributed by atoms with Crippen LogP contribution >= 0.6 is 0 Å². The lowest BCUT2D eigenvalue weighted by molar-refractivity contribution is -0.117. The quantitative estimate of drug-likeness (QED) is 0.311. The van der Waals surface area contributed by atoms with Crippen molar-refractivity contribution in [2.45, 2.75) is 38.6 Å². The van der Waals surface area contributed by atoms with E-state index in [-0.39, 0.29) is 17.6 Å². The average molecular weight is 458 g/mol. The molecule has 1 aromatic heterocycles. The second-order valence-electron chi connectivity index (χ2n) is 8.86. The lowest BCUT2D eigenvalue weighted by Crippen LogP contribution is -2.24. The van der Waals surface area contributed by atoms with Gasteiger partial charge in [-0.2, -0.15) is 0 Å². The van der Waals surface area contributed by atoms with Crippen LogP contribution < -0.4 is 9.64 Å². The summed E-state index contributed by atoms with van der Waals surface area (Å²) in [5, 5.41) is 0. The Balaban J connectivity index is 1.28. The summed E-state index contributed by atoms with van der Waals surface area (Å²) >= 11 is 0. The van der Waals surface area contributed by atoms with Crippen LogP contribution in [0.3, 0.4) is 0 Å². The molecular weight excluding hydrogens is 429 g/mol. The Labute approximate surface area is 198 Å². The van der Waals surface area contributed by atoms with Crippen LogP contribution in [0.25, 0.3) is 11.0 Å². The SMILES string of the molecule is Cc1ccc(OCCCCn2c([C@H]3CC(=O)N(c4ccc(F)cc4)C3)nc3ccccc32)cc1. The van der Waals surface area contributed by atoms with Gasteiger partial charge >= 0.3 is 0 Å². The monoisotopic (exact) mass is 457 g/mol. The zero-order valence-electron chi connectivity index (χ0n) is 19.3. The highest BCUT2D eigenvalue weighted by Crippen LogP contribution is 2.33. The zero-order chi connectivity index (χ0) is 23.5. The van der Waals surface area contributed by atoms with Crippen molar-refractivity contribution in [2.24, 2.45) is 0 Å². The highest BCUT2D eigenvalue weighted by molar-refractivity contribution is 5.96. The number of amides is 1. The van der Waals surface area contributed by atoms with Crippen molar-refractivity contribution in [2.75, 3.05) is 18.1 Å². The molecule has 1 fully saturated rings. The predicted octanol–water partition coefficient (Wildman–Crippen LogP) is 5.86. The van der Waals surface area contributed by atoms with Crippen molar-refractivity contribution in [1.82, 2.24) is 9.55 Å². The number of anilines is 1. The van der Waals surface area contributed by atoms with Crippen LogP contribution in [0.4, 0.5) is 10.1 Å². The number of aromatic nitrogens is 2. The van der Waals surface area contributed by atoms with Gasteiger partial charge in [0.15, 0.2) is 0 Å². The van der Waals surface area contributed by atoms with Gasteiger partial charge in [0.2, 0.25) is 5.91 Å². The minimum absolute atomic E-state index is 0.00578. The molecule has 0 N–H and O–H groups in total. The molecule has 5 nitrogen and oxygen atoms in total. The molecule has 3 aromatic carbocycles. The van der Waals surface area contributed by atoms with Crippen LogP contribution in [0.5, 0.6) is 5.75 Å². The van der Waals surface area contributed by atoms with Crippen molar-refractivity contribution >= 4 is 22.6 Å². The molecule has 4 aromatic rings. The van der Waals surface area contributed by atoms with Gasteiger partial charge in [-0.15, -0.1) is 0 Å². The molecule has 34 heavy (non-hydrogen) atoms. The lowest BCUT2D eigenvalue weighted by atomic mass is 10.1. The maximum atomic E-state index is 13.3. The number of imidazole rings is 1. The Morgan fingerprint density at radius 3 is 2.56 bits per heavy atom. The summed E-state index contributed by atoms with van der Waals surface area (Å²) in [5.74, 6) is 1.57. The fraction of sp³-hybridized carbons (Fsp3) is 0.286. The van der Waals surface area contributed by atoms with E-state index in [1.807, 2.05) is 30.3 Å². The first kappa shape index (κ1) is 22.1. The number of carbonyl (C=O) groups excluding carboxylic acids is 1. The van der Waals surface area contributed by atoms with Gasteiger partial charge in [-0.1, -0.05) is 29.8 Å². The Morgan fingerprint density at radius 2 is 1.76 bits per heavy atom. The van der Waals surface area contributed by atoms with Gasteiger partial charge < -0.3 is 14.2 Å². The zero-order valence-corrected chi connectivity index (χ0v) is 19.3. The van der Waals surface area contributed by atoms with E-state index in [0.717, 1.165) is 47.7 Å². The number of aryl methyl sites for hydroxylation is 2. The van der Waals surface area contributed by atoms with Gasteiger partial charge in [0.25, 0.3) is 0 Å². The van der Waals surface area contributed by atoms with E-state index in [0.29, 0.717) is 19.6 Å². The molecule has 174 valence electrons. The number of hydrogen-bond acceptors (Lipinski definition) is 3. The van der Waals surface area contributed by atoms with Gasteiger partial charge in [0, 0.05) is 31.1 Å². The Bertz CT molecular complexity index is 1280. The smallest absolute Gasteiger partial charge is 0.227 e. The van der Waals surface area contributed by atoms with Crippen molar-refractivity contribution in [3.05, 3.63) is 90.0 Å². The minimum Gasteiger partial charge on any atom is -0.494 e. The molecule has 5 rings (SSSR count). The summed E-state index contributed by atoms with van der Waals surface area (Å²) in [4.78, 5) is 19.5. The molecule has 0 bridgehead atoms. The van der Waals surface area contributed by atoms with Crippen molar-refractivity contribution < 1.29 is 13.9 Å². The third-order valence-corrected chi connectivity index (χ3v) is 6.38. The van der Waals surface area contributed by atoms with E-state index in [9.17, 15) is 9.18 Å². The molecule has 1 aliphatic heterocycles. The minimum atomic E-state index is -0.305. The Kier molecular flexibility index (Phi) is 6.30. The third kappa shape index (κ3) is 4.67. The molecular formula is C28H28FN3O2. The molecule has 0 aliphatic carbocycles. The predicted molar refractivity (Wildman–Crippen MR) is 132 cm³/mol. The van der Waals surface area contributed by atoms with E-state index in [1.165, 1.54) is 17.7 Å². The molecule has 2 heterocycles. The van der Waals surface area contributed by atoms with E-state index in [2.05, 4.69) is 29.7 Å². The van der Waals surface area contributed by atoms with Crippen LogP contribution in [0.15, 0.2) is 72.8 Å². The summed E-state index contributed by atoms with van der Waals surface area (Å²) in [6, 6.07) is 22.3. The third-order valence-electron chi connectivity index (χ3n) is 6.38. The fourth-order valence-electron chi connectivity index (χ4n) is 4.59. The number of halogens is 1. The van der Waals surface area contributed by atoms with Gasteiger partial charge in [0.1, 0.15) is 17.4 Å². The molecule has 6 heteroatoms. The first-order valence-electron chi connectivity index (χ1n) is 11.8. The van der Waals surface area contributed by atoms with E-state index >= 15 is 0 Å². The standard InChI is InChI=1S/C28H28FN3O2/c1-20-8-14-24(15-9-20)34-17-5-4-16-31-26-7-3-2-6-25(26)30-28(31)21-18-27(33)32(19-21)23-12-10-22(29)11-13-23/h2-3,6-15,21H,4-5,16-19H2,1H3/t21-/m0/s1. The second-order valence-corrected chi connectivity index (χ2v) is 8.86. The number of hydrogen-bond donors (Lipinski definition) is 0. The summed E-state index contributed by atoms with van der Waals surface area (Å²) in [5.41, 5.74) is 3.98. The highest BCUT2D eigenvalue weighted by atomic mass is 19.1. The van der Waals surface area contributed by atoms with Crippen LogP contribution in [-0.2, 0) is 11.3 Å². The topological polar surface area (TPSA) is 47.4 Å². The normalized spacial score (nSPS) is 15.9. The average Bonchev–Trinajstić information content (AvgIpc) is 3.41. The lowest BCUT2D eigenvalue weighted by Gasteiger charge is -2.17. The van der Waals surface area contributed by atoms with E-state index in [4.69, 9.17) is 9.72 Å². The highest BCUT2D eigenvalue weighted by Gasteiger charge is 2.34. The maximum Gasteiger partial charge on any atom is 0.227 e. The summed E-state index contributed by atoms with van der Waals surface area (Å²) in [7, 11) is 0. The Morgan fingerprint density at radius 1 is 1.00 bits per heavy atom. The molecule has 1 aliphatic rings. The molecule has 0 spiro atoms. The van der Waals surface area contributed by atoms with E-state index in [1.54, 1.807) is 17.0 Å². The number of rotatable bonds is 8. The maximum absolute atomic E-state index is 13.3. The molecule has 0 unspecified atom stereocenters. The van der Waals surface area contributed by atoms with Crippen molar-refractivity contribution in [3.63, 3.8) is 0 Å². The van der Waals surface area contributed by atoms with Crippen LogP contribution in [0, 0.1) is 12.7 Å². The molecule has 1 saturated heterocycles. The molecule has 1 atom stereocenters. The molecule has 1 amide bonds. The fourth-order valence-corrected chi connectivity index (χ4v) is 4.59. The Hall–Kier alpha value is -3.67. The van der Waals surface area contributed by atoms with Crippen molar-refractivity contribution in [1.29, 1.82) is 0 Å². The molecule has 0 saturated carbocycles. The summed E-state index contributed by atoms with van der Waals surface area (Å²) in [6.45, 7) is 4.08. The van der Waals surface area contributed by atoms with Crippen molar-refractivity contribution in [3.8, 4) is 5.75 Å².